The molecule has 0 aliphatic heterocycles. The molecule has 14 heavy (non-hydrogen) atoms. The van der Waals surface area contributed by atoms with Crippen molar-refractivity contribution in [1.82, 2.24) is 0 Å². The van der Waals surface area contributed by atoms with Gasteiger partial charge >= 0.3 is 0 Å². The molecule has 3 rings (SSSR count). The van der Waals surface area contributed by atoms with Crippen LogP contribution in [0.2, 0.25) is 0 Å². The van der Waals surface area contributed by atoms with Crippen LogP contribution in [0.1, 0.15) is 38.5 Å². The fourth-order valence-electron chi connectivity index (χ4n) is 3.36. The summed E-state index contributed by atoms with van der Waals surface area (Å²) in [5.74, 6) is 16.8. The van der Waals surface area contributed by atoms with Crippen molar-refractivity contribution in [2.45, 2.75) is 38.5 Å². The van der Waals surface area contributed by atoms with Crippen molar-refractivity contribution >= 4 is 0 Å². The number of fused-ring (bicyclic) bond motifs is 2. The molecule has 0 spiro atoms. The van der Waals surface area contributed by atoms with Crippen LogP contribution in [0.15, 0.2) is 0 Å². The van der Waals surface area contributed by atoms with Gasteiger partial charge in [-0.15, -0.1) is 23.7 Å². The van der Waals surface area contributed by atoms with Crippen LogP contribution in [0.5, 0.6) is 0 Å². The topological polar surface area (TPSA) is 0 Å². The van der Waals surface area contributed by atoms with Crippen LogP contribution in [-0.2, 0) is 0 Å². The van der Waals surface area contributed by atoms with E-state index < -0.39 is 0 Å². The molecule has 0 aromatic heterocycles. The summed E-state index contributed by atoms with van der Waals surface area (Å²) in [5.41, 5.74) is 0. The summed E-state index contributed by atoms with van der Waals surface area (Å²) >= 11 is 0. The third-order valence-electron chi connectivity index (χ3n) is 4.25. The highest BCUT2D eigenvalue weighted by Crippen LogP contribution is 2.45. The van der Waals surface area contributed by atoms with Crippen LogP contribution in [0.3, 0.4) is 0 Å². The smallest absolute Gasteiger partial charge is 0.0120 e. The summed E-state index contributed by atoms with van der Waals surface area (Å²) in [4.78, 5) is 0. The summed E-state index contributed by atoms with van der Waals surface area (Å²) in [7, 11) is 0. The van der Waals surface area contributed by atoms with Gasteiger partial charge in [0.1, 0.15) is 0 Å². The Morgan fingerprint density at radius 3 is 1.07 bits per heavy atom. The predicted molar refractivity (Wildman–Crippen MR) is 57.2 cm³/mol. The van der Waals surface area contributed by atoms with Gasteiger partial charge in [0.25, 0.3) is 0 Å². The minimum absolute atomic E-state index is 0.914. The van der Waals surface area contributed by atoms with Crippen molar-refractivity contribution < 1.29 is 0 Å². The quantitative estimate of drug-likeness (QED) is 0.508. The summed E-state index contributed by atoms with van der Waals surface area (Å²) in [5, 5.41) is 0. The van der Waals surface area contributed by atoms with E-state index in [0.717, 1.165) is 23.7 Å². The Bertz CT molecular complexity index is 280. The Kier molecular flexibility index (Phi) is 2.02. The zero-order valence-electron chi connectivity index (χ0n) is 8.55. The van der Waals surface area contributed by atoms with Gasteiger partial charge in [-0.3, -0.25) is 0 Å². The van der Waals surface area contributed by atoms with Crippen LogP contribution in [0.25, 0.3) is 0 Å². The van der Waals surface area contributed by atoms with Crippen LogP contribution in [-0.4, -0.2) is 0 Å². The molecular formula is C14H16. The molecule has 4 unspecified atom stereocenters. The molecular weight excluding hydrogens is 168 g/mol. The van der Waals surface area contributed by atoms with E-state index in [1.165, 1.54) is 38.5 Å². The second kappa shape index (κ2) is 3.36. The first-order valence-corrected chi connectivity index (χ1v) is 5.85. The van der Waals surface area contributed by atoms with Crippen molar-refractivity contribution in [3.05, 3.63) is 0 Å². The molecule has 3 aliphatic carbocycles. The van der Waals surface area contributed by atoms with E-state index in [-0.39, 0.29) is 0 Å². The third-order valence-corrected chi connectivity index (χ3v) is 4.25. The molecule has 0 bridgehead atoms. The maximum Gasteiger partial charge on any atom is 0.0120 e. The third kappa shape index (κ3) is 1.34. The second-order valence-electron chi connectivity index (χ2n) is 5.04. The van der Waals surface area contributed by atoms with Crippen LogP contribution in [0.4, 0.5) is 0 Å². The lowest BCUT2D eigenvalue weighted by molar-refractivity contribution is 0.115. The normalized spacial score (nSPS) is 43.4. The van der Waals surface area contributed by atoms with Gasteiger partial charge in [0.15, 0.2) is 0 Å². The maximum absolute atomic E-state index is 3.29. The van der Waals surface area contributed by atoms with Gasteiger partial charge in [0, 0.05) is 25.7 Å². The van der Waals surface area contributed by atoms with Gasteiger partial charge in [-0.25, -0.2) is 0 Å². The average Bonchev–Trinajstić information content (AvgIpc) is 2.26. The highest BCUT2D eigenvalue weighted by Gasteiger charge is 2.37. The first kappa shape index (κ1) is 8.43. The molecule has 0 N–H and O–H groups in total. The molecule has 1 fully saturated rings. The van der Waals surface area contributed by atoms with Gasteiger partial charge in [-0.05, 0) is 36.5 Å². The average molecular weight is 184 g/mol. The summed E-state index contributed by atoms with van der Waals surface area (Å²) in [6.45, 7) is 0. The molecule has 1 saturated carbocycles. The van der Waals surface area contributed by atoms with Crippen LogP contribution < -0.4 is 0 Å². The standard InChI is InChI=1S/C14H16/c1-2-6-12-10-14-8-4-3-7-13(14)9-11(12)5-1/h11-14H,5-10H2. The Hall–Kier alpha value is -0.880. The van der Waals surface area contributed by atoms with E-state index in [4.69, 9.17) is 0 Å². The van der Waals surface area contributed by atoms with Gasteiger partial charge in [0.2, 0.25) is 0 Å². The minimum Gasteiger partial charge on any atom is -0.103 e. The van der Waals surface area contributed by atoms with E-state index >= 15 is 0 Å². The van der Waals surface area contributed by atoms with Gasteiger partial charge < -0.3 is 0 Å². The molecule has 3 aliphatic rings. The SMILES string of the molecule is C1#CCC2CC3CC#CCC3CC2C1. The van der Waals surface area contributed by atoms with E-state index in [0.29, 0.717) is 0 Å². The van der Waals surface area contributed by atoms with Gasteiger partial charge in [0.05, 0.1) is 0 Å². The van der Waals surface area contributed by atoms with E-state index in [1.54, 1.807) is 0 Å². The molecule has 72 valence electrons. The molecule has 0 nitrogen and oxygen atoms in total. The van der Waals surface area contributed by atoms with E-state index in [9.17, 15) is 0 Å². The number of hydrogen-bond acceptors (Lipinski definition) is 0. The molecule has 0 heteroatoms. The van der Waals surface area contributed by atoms with Crippen molar-refractivity contribution in [2.75, 3.05) is 0 Å². The van der Waals surface area contributed by atoms with Crippen molar-refractivity contribution in [3.8, 4) is 23.7 Å². The van der Waals surface area contributed by atoms with Gasteiger partial charge in [-0.2, -0.15) is 0 Å². The first-order chi connectivity index (χ1) is 6.93. The van der Waals surface area contributed by atoms with Gasteiger partial charge in [-0.1, -0.05) is 0 Å². The fourth-order valence-corrected chi connectivity index (χ4v) is 3.36. The molecule has 4 atom stereocenters. The highest BCUT2D eigenvalue weighted by molar-refractivity contribution is 5.13. The number of rotatable bonds is 0. The fraction of sp³-hybridized carbons (Fsp3) is 0.714. The maximum atomic E-state index is 3.29. The Labute approximate surface area is 86.5 Å². The zero-order chi connectivity index (χ0) is 9.38. The lowest BCUT2D eigenvalue weighted by Crippen LogP contribution is -2.33. The molecule has 0 heterocycles. The highest BCUT2D eigenvalue weighted by atomic mass is 14.4. The molecule has 0 radical (unpaired) electrons. The molecule has 0 aromatic rings. The lowest BCUT2D eigenvalue weighted by Gasteiger charge is -2.41. The van der Waals surface area contributed by atoms with Crippen molar-refractivity contribution in [2.24, 2.45) is 23.7 Å². The summed E-state index contributed by atoms with van der Waals surface area (Å²) in [6, 6.07) is 0. The minimum atomic E-state index is 0.914. The summed E-state index contributed by atoms with van der Waals surface area (Å²) in [6.07, 6.45) is 7.50. The lowest BCUT2D eigenvalue weighted by atomic mass is 9.63. The monoisotopic (exact) mass is 184 g/mol. The molecule has 0 saturated heterocycles. The van der Waals surface area contributed by atoms with Crippen LogP contribution in [0, 0.1) is 47.4 Å². The summed E-state index contributed by atoms with van der Waals surface area (Å²) < 4.78 is 0. The first-order valence-electron chi connectivity index (χ1n) is 5.85. The predicted octanol–water partition coefficient (Wildman–Crippen LogP) is 2.84. The number of hydrogen-bond donors (Lipinski definition) is 0. The Balaban J connectivity index is 1.78. The second-order valence-corrected chi connectivity index (χ2v) is 5.04. The molecule has 0 aromatic carbocycles. The largest absolute Gasteiger partial charge is 0.103 e. The van der Waals surface area contributed by atoms with E-state index in [2.05, 4.69) is 23.7 Å². The Morgan fingerprint density at radius 1 is 0.500 bits per heavy atom. The molecule has 0 amide bonds. The van der Waals surface area contributed by atoms with Crippen LogP contribution >= 0.6 is 0 Å². The van der Waals surface area contributed by atoms with Crippen molar-refractivity contribution in [1.29, 1.82) is 0 Å². The van der Waals surface area contributed by atoms with Crippen molar-refractivity contribution in [3.63, 3.8) is 0 Å². The zero-order valence-corrected chi connectivity index (χ0v) is 8.55. The Morgan fingerprint density at radius 2 is 0.786 bits per heavy atom. The van der Waals surface area contributed by atoms with E-state index in [1.807, 2.05) is 0 Å².